The van der Waals surface area contributed by atoms with Crippen LogP contribution < -0.4 is 10.1 Å². The SMILES string of the molecule is Brc1ccc2c(c1)CC1(CCNC1)O2. The Balaban J connectivity index is 1.96. The summed E-state index contributed by atoms with van der Waals surface area (Å²) in [5.41, 5.74) is 1.39. The quantitative estimate of drug-likeness (QED) is 0.765. The highest BCUT2D eigenvalue weighted by Crippen LogP contribution is 2.39. The maximum absolute atomic E-state index is 6.03. The topological polar surface area (TPSA) is 21.3 Å². The van der Waals surface area contributed by atoms with E-state index in [9.17, 15) is 0 Å². The lowest BCUT2D eigenvalue weighted by molar-refractivity contribution is 0.118. The van der Waals surface area contributed by atoms with Crippen molar-refractivity contribution in [3.63, 3.8) is 0 Å². The number of hydrogen-bond acceptors (Lipinski definition) is 2. The Morgan fingerprint density at radius 3 is 3.14 bits per heavy atom. The summed E-state index contributed by atoms with van der Waals surface area (Å²) in [6.45, 7) is 2.06. The molecule has 74 valence electrons. The second-order valence-electron chi connectivity index (χ2n) is 4.14. The molecule has 14 heavy (non-hydrogen) atoms. The van der Waals surface area contributed by atoms with Crippen LogP contribution in [0.25, 0.3) is 0 Å². The number of nitrogens with one attached hydrogen (secondary N) is 1. The molecule has 1 atom stereocenters. The summed E-state index contributed by atoms with van der Waals surface area (Å²) in [4.78, 5) is 0. The molecule has 0 aromatic heterocycles. The molecule has 2 heterocycles. The maximum atomic E-state index is 6.03. The van der Waals surface area contributed by atoms with Crippen molar-refractivity contribution in [2.45, 2.75) is 18.4 Å². The predicted molar refractivity (Wildman–Crippen MR) is 58.7 cm³/mol. The van der Waals surface area contributed by atoms with Gasteiger partial charge in [0.2, 0.25) is 0 Å². The van der Waals surface area contributed by atoms with E-state index in [1.807, 2.05) is 6.07 Å². The molecule has 3 rings (SSSR count). The van der Waals surface area contributed by atoms with Gasteiger partial charge in [-0.15, -0.1) is 0 Å². The van der Waals surface area contributed by atoms with Gasteiger partial charge in [-0.05, 0) is 30.3 Å². The molecule has 0 bridgehead atoms. The number of benzene rings is 1. The maximum Gasteiger partial charge on any atom is 0.127 e. The van der Waals surface area contributed by atoms with E-state index in [2.05, 4.69) is 33.4 Å². The van der Waals surface area contributed by atoms with E-state index in [0.717, 1.165) is 36.2 Å². The van der Waals surface area contributed by atoms with E-state index in [4.69, 9.17) is 4.74 Å². The third kappa shape index (κ3) is 1.27. The van der Waals surface area contributed by atoms with Crippen LogP contribution in [-0.4, -0.2) is 18.7 Å². The van der Waals surface area contributed by atoms with E-state index in [1.165, 1.54) is 5.56 Å². The molecule has 1 N–H and O–H groups in total. The van der Waals surface area contributed by atoms with Crippen LogP contribution in [0.4, 0.5) is 0 Å². The fraction of sp³-hybridized carbons (Fsp3) is 0.455. The van der Waals surface area contributed by atoms with Crippen LogP contribution in [0.15, 0.2) is 22.7 Å². The highest BCUT2D eigenvalue weighted by Gasteiger charge is 2.41. The van der Waals surface area contributed by atoms with Crippen LogP contribution in [-0.2, 0) is 6.42 Å². The molecule has 2 aliphatic heterocycles. The van der Waals surface area contributed by atoms with Crippen LogP contribution >= 0.6 is 15.9 Å². The van der Waals surface area contributed by atoms with E-state index in [1.54, 1.807) is 0 Å². The van der Waals surface area contributed by atoms with Gasteiger partial charge < -0.3 is 10.1 Å². The highest BCUT2D eigenvalue weighted by molar-refractivity contribution is 9.10. The minimum absolute atomic E-state index is 0.0587. The minimum atomic E-state index is 0.0587. The Morgan fingerprint density at radius 1 is 1.43 bits per heavy atom. The fourth-order valence-electron chi connectivity index (χ4n) is 2.36. The van der Waals surface area contributed by atoms with Gasteiger partial charge in [0.15, 0.2) is 0 Å². The van der Waals surface area contributed by atoms with E-state index < -0.39 is 0 Å². The third-order valence-electron chi connectivity index (χ3n) is 3.07. The summed E-state index contributed by atoms with van der Waals surface area (Å²) in [7, 11) is 0. The minimum Gasteiger partial charge on any atom is -0.485 e. The molecule has 3 heteroatoms. The Morgan fingerprint density at radius 2 is 2.36 bits per heavy atom. The van der Waals surface area contributed by atoms with Gasteiger partial charge in [-0.2, -0.15) is 0 Å². The summed E-state index contributed by atoms with van der Waals surface area (Å²) in [5.74, 6) is 1.07. The molecule has 1 spiro atoms. The zero-order valence-electron chi connectivity index (χ0n) is 7.85. The average Bonchev–Trinajstić information content (AvgIpc) is 2.72. The number of halogens is 1. The van der Waals surface area contributed by atoms with Crippen LogP contribution in [0, 0.1) is 0 Å². The van der Waals surface area contributed by atoms with Crippen LogP contribution in [0.1, 0.15) is 12.0 Å². The van der Waals surface area contributed by atoms with E-state index >= 15 is 0 Å². The smallest absolute Gasteiger partial charge is 0.127 e. The van der Waals surface area contributed by atoms with Gasteiger partial charge in [0.1, 0.15) is 11.4 Å². The number of rotatable bonds is 0. The highest BCUT2D eigenvalue weighted by atomic mass is 79.9. The zero-order chi connectivity index (χ0) is 9.60. The van der Waals surface area contributed by atoms with Gasteiger partial charge in [0, 0.05) is 23.9 Å². The average molecular weight is 254 g/mol. The number of hydrogen-bond donors (Lipinski definition) is 1. The lowest BCUT2D eigenvalue weighted by Crippen LogP contribution is -2.36. The Kier molecular flexibility index (Phi) is 1.86. The molecule has 1 aromatic carbocycles. The van der Waals surface area contributed by atoms with Crippen LogP contribution in [0.5, 0.6) is 5.75 Å². The molecule has 2 aliphatic rings. The molecular formula is C11H12BrNO. The van der Waals surface area contributed by atoms with E-state index in [-0.39, 0.29) is 5.60 Å². The van der Waals surface area contributed by atoms with Gasteiger partial charge in [0.05, 0.1) is 0 Å². The molecule has 0 amide bonds. The summed E-state index contributed by atoms with van der Waals surface area (Å²) in [6.07, 6.45) is 2.17. The monoisotopic (exact) mass is 253 g/mol. The second-order valence-corrected chi connectivity index (χ2v) is 5.06. The molecule has 1 fully saturated rings. The second kappa shape index (κ2) is 2.97. The first-order chi connectivity index (χ1) is 6.77. The van der Waals surface area contributed by atoms with Crippen molar-refractivity contribution in [2.75, 3.05) is 13.1 Å². The van der Waals surface area contributed by atoms with Crippen molar-refractivity contribution in [1.82, 2.24) is 5.32 Å². The molecule has 0 radical (unpaired) electrons. The van der Waals surface area contributed by atoms with Crippen molar-refractivity contribution in [2.24, 2.45) is 0 Å². The van der Waals surface area contributed by atoms with Crippen molar-refractivity contribution in [3.05, 3.63) is 28.2 Å². The largest absolute Gasteiger partial charge is 0.485 e. The van der Waals surface area contributed by atoms with Crippen molar-refractivity contribution in [1.29, 1.82) is 0 Å². The normalized spacial score (nSPS) is 29.2. The van der Waals surface area contributed by atoms with Gasteiger partial charge in [-0.1, -0.05) is 15.9 Å². The number of ether oxygens (including phenoxy) is 1. The van der Waals surface area contributed by atoms with Gasteiger partial charge in [-0.25, -0.2) is 0 Å². The molecule has 0 saturated carbocycles. The first kappa shape index (κ1) is 8.74. The van der Waals surface area contributed by atoms with Crippen LogP contribution in [0.2, 0.25) is 0 Å². The van der Waals surface area contributed by atoms with Crippen LogP contribution in [0.3, 0.4) is 0 Å². The summed E-state index contributed by atoms with van der Waals surface area (Å²) >= 11 is 3.49. The summed E-state index contributed by atoms with van der Waals surface area (Å²) < 4.78 is 7.17. The molecular weight excluding hydrogens is 242 g/mol. The third-order valence-corrected chi connectivity index (χ3v) is 3.56. The van der Waals surface area contributed by atoms with Gasteiger partial charge in [0.25, 0.3) is 0 Å². The lowest BCUT2D eigenvalue weighted by atomic mass is 9.96. The number of fused-ring (bicyclic) bond motifs is 1. The molecule has 1 aromatic rings. The van der Waals surface area contributed by atoms with Gasteiger partial charge in [-0.3, -0.25) is 0 Å². The van der Waals surface area contributed by atoms with Crippen molar-refractivity contribution >= 4 is 15.9 Å². The fourth-order valence-corrected chi connectivity index (χ4v) is 2.77. The van der Waals surface area contributed by atoms with Gasteiger partial charge >= 0.3 is 0 Å². The predicted octanol–water partition coefficient (Wildman–Crippen LogP) is 2.12. The summed E-state index contributed by atoms with van der Waals surface area (Å²) in [5, 5.41) is 3.37. The molecule has 0 aliphatic carbocycles. The summed E-state index contributed by atoms with van der Waals surface area (Å²) in [6, 6.07) is 6.27. The first-order valence-corrected chi connectivity index (χ1v) is 5.75. The van der Waals surface area contributed by atoms with Crippen molar-refractivity contribution < 1.29 is 4.74 Å². The standard InChI is InChI=1S/C11H12BrNO/c12-9-1-2-10-8(5-9)6-11(14-10)3-4-13-7-11/h1-2,5,13H,3-4,6-7H2. The molecule has 1 unspecified atom stereocenters. The Bertz CT molecular complexity index is 372. The molecule has 1 saturated heterocycles. The molecule has 2 nitrogen and oxygen atoms in total. The Hall–Kier alpha value is -0.540. The first-order valence-electron chi connectivity index (χ1n) is 4.96. The van der Waals surface area contributed by atoms with E-state index in [0.29, 0.717) is 0 Å². The Labute approximate surface area is 91.8 Å². The lowest BCUT2D eigenvalue weighted by Gasteiger charge is -2.21. The zero-order valence-corrected chi connectivity index (χ0v) is 9.43. The van der Waals surface area contributed by atoms with Crippen molar-refractivity contribution in [3.8, 4) is 5.75 Å².